The Morgan fingerprint density at radius 1 is 1.23 bits per heavy atom. The number of oxazole rings is 1. The van der Waals surface area contributed by atoms with E-state index in [-0.39, 0.29) is 16.5 Å². The second-order valence-corrected chi connectivity index (χ2v) is 8.49. The smallest absolute Gasteiger partial charge is 0.262 e. The molecule has 3 aromatic rings. The number of pyridine rings is 1. The molecule has 4 rings (SSSR count). The van der Waals surface area contributed by atoms with Crippen molar-refractivity contribution in [2.45, 2.75) is 23.8 Å². The van der Waals surface area contributed by atoms with Gasteiger partial charge in [-0.15, -0.1) is 0 Å². The van der Waals surface area contributed by atoms with Crippen LogP contribution in [0.4, 0.5) is 5.69 Å². The van der Waals surface area contributed by atoms with Gasteiger partial charge in [0, 0.05) is 17.7 Å². The summed E-state index contributed by atoms with van der Waals surface area (Å²) in [5.41, 5.74) is 0.951. The van der Waals surface area contributed by atoms with Gasteiger partial charge in [-0.1, -0.05) is 0 Å². The molecule has 1 aromatic carbocycles. The number of hydrogen-bond acceptors (Lipinski definition) is 8. The highest BCUT2D eigenvalue weighted by atomic mass is 32.2. The number of sulfonamides is 1. The first-order chi connectivity index (χ1) is 14.5. The summed E-state index contributed by atoms with van der Waals surface area (Å²) < 4.78 is 44.3. The number of benzene rings is 1. The lowest BCUT2D eigenvalue weighted by molar-refractivity contribution is 0.263. The van der Waals surface area contributed by atoms with E-state index in [1.807, 2.05) is 0 Å². The van der Waals surface area contributed by atoms with Crippen LogP contribution in [0.15, 0.2) is 58.3 Å². The predicted octanol–water partition coefficient (Wildman–Crippen LogP) is 2.68. The fraction of sp³-hybridized carbons (Fsp3) is 0.300. The number of nitrogens with one attached hydrogen (secondary N) is 2. The van der Waals surface area contributed by atoms with E-state index in [1.165, 1.54) is 25.6 Å². The zero-order chi connectivity index (χ0) is 21.0. The van der Waals surface area contributed by atoms with Gasteiger partial charge in [0.15, 0.2) is 12.2 Å². The van der Waals surface area contributed by atoms with Crippen LogP contribution < -0.4 is 19.5 Å². The van der Waals surface area contributed by atoms with E-state index in [2.05, 4.69) is 20.0 Å². The van der Waals surface area contributed by atoms with Gasteiger partial charge >= 0.3 is 0 Å². The second-order valence-electron chi connectivity index (χ2n) is 6.81. The van der Waals surface area contributed by atoms with Crippen LogP contribution >= 0.6 is 0 Å². The Hall–Kier alpha value is -3.11. The lowest BCUT2D eigenvalue weighted by atomic mass is 10.2. The minimum absolute atomic E-state index is 0.0976. The summed E-state index contributed by atoms with van der Waals surface area (Å²) in [6.07, 6.45) is 5.07. The van der Waals surface area contributed by atoms with Crippen LogP contribution in [0.1, 0.15) is 12.8 Å². The first-order valence-electron chi connectivity index (χ1n) is 9.48. The van der Waals surface area contributed by atoms with Crippen molar-refractivity contribution in [1.82, 2.24) is 15.3 Å². The number of aromatic nitrogens is 2. The third-order valence-electron chi connectivity index (χ3n) is 4.75. The molecule has 2 N–H and O–H groups in total. The molecule has 30 heavy (non-hydrogen) atoms. The molecule has 1 atom stereocenters. The van der Waals surface area contributed by atoms with Crippen LogP contribution in [0.2, 0.25) is 0 Å². The second kappa shape index (κ2) is 8.72. The Labute approximate surface area is 174 Å². The van der Waals surface area contributed by atoms with E-state index in [0.717, 1.165) is 24.9 Å². The Kier molecular flexibility index (Phi) is 5.86. The van der Waals surface area contributed by atoms with Crippen molar-refractivity contribution in [3.63, 3.8) is 0 Å². The van der Waals surface area contributed by atoms with Gasteiger partial charge < -0.3 is 19.2 Å². The molecule has 0 saturated carbocycles. The maximum Gasteiger partial charge on any atom is 0.262 e. The fourth-order valence-electron chi connectivity index (χ4n) is 3.18. The van der Waals surface area contributed by atoms with Crippen molar-refractivity contribution in [3.05, 3.63) is 49.0 Å². The molecule has 2 aromatic heterocycles. The highest BCUT2D eigenvalue weighted by Gasteiger charge is 2.19. The maximum absolute atomic E-state index is 12.8. The van der Waals surface area contributed by atoms with Crippen LogP contribution in [0.5, 0.6) is 11.8 Å². The van der Waals surface area contributed by atoms with Crippen LogP contribution in [0, 0.1) is 0 Å². The Bertz CT molecular complexity index is 1080. The van der Waals surface area contributed by atoms with Gasteiger partial charge in [0.2, 0.25) is 11.8 Å². The molecule has 0 bridgehead atoms. The van der Waals surface area contributed by atoms with Gasteiger partial charge in [-0.2, -0.15) is 4.98 Å². The van der Waals surface area contributed by atoms with Gasteiger partial charge in [0.1, 0.15) is 12.3 Å². The highest BCUT2D eigenvalue weighted by Crippen LogP contribution is 2.28. The lowest BCUT2D eigenvalue weighted by Crippen LogP contribution is -2.28. The average Bonchev–Trinajstić information content (AvgIpc) is 3.47. The minimum Gasteiger partial charge on any atom is -0.479 e. The molecule has 1 aliphatic heterocycles. The molecule has 9 nitrogen and oxygen atoms in total. The van der Waals surface area contributed by atoms with Crippen molar-refractivity contribution in [2.75, 3.05) is 25.0 Å². The molecule has 1 fully saturated rings. The molecule has 3 heterocycles. The van der Waals surface area contributed by atoms with E-state index in [4.69, 9.17) is 13.9 Å². The van der Waals surface area contributed by atoms with Gasteiger partial charge in [-0.05, 0) is 49.7 Å². The van der Waals surface area contributed by atoms with Crippen LogP contribution in [0.25, 0.3) is 11.3 Å². The normalized spacial score (nSPS) is 16.4. The minimum atomic E-state index is -3.84. The summed E-state index contributed by atoms with van der Waals surface area (Å²) in [5.74, 6) is 1.06. The van der Waals surface area contributed by atoms with Crippen LogP contribution in [0.3, 0.4) is 0 Å². The Balaban J connectivity index is 1.47. The van der Waals surface area contributed by atoms with Gasteiger partial charge in [-0.25, -0.2) is 13.4 Å². The van der Waals surface area contributed by atoms with E-state index in [1.54, 1.807) is 30.5 Å². The van der Waals surface area contributed by atoms with E-state index < -0.39 is 10.0 Å². The summed E-state index contributed by atoms with van der Waals surface area (Å²) in [6, 6.07) is 9.78. The van der Waals surface area contributed by atoms with E-state index >= 15 is 0 Å². The molecular weight excluding hydrogens is 408 g/mol. The molecule has 1 saturated heterocycles. The van der Waals surface area contributed by atoms with E-state index in [9.17, 15) is 8.42 Å². The van der Waals surface area contributed by atoms with Gasteiger partial charge in [0.05, 0.1) is 18.2 Å². The van der Waals surface area contributed by atoms with Crippen molar-refractivity contribution in [2.24, 2.45) is 0 Å². The molecule has 0 aliphatic carbocycles. The number of nitrogens with zero attached hydrogens (tertiary/aromatic N) is 2. The van der Waals surface area contributed by atoms with Crippen molar-refractivity contribution < 1.29 is 22.3 Å². The van der Waals surface area contributed by atoms with Crippen molar-refractivity contribution in [3.8, 4) is 23.1 Å². The zero-order valence-corrected chi connectivity index (χ0v) is 17.2. The van der Waals surface area contributed by atoms with Gasteiger partial charge in [0.25, 0.3) is 10.0 Å². The fourth-order valence-corrected chi connectivity index (χ4v) is 4.24. The third kappa shape index (κ3) is 4.55. The molecule has 158 valence electrons. The van der Waals surface area contributed by atoms with Crippen molar-refractivity contribution in [1.29, 1.82) is 0 Å². The third-order valence-corrected chi connectivity index (χ3v) is 6.13. The molecule has 1 aliphatic rings. The number of methoxy groups -OCH3 is 1. The SMILES string of the molecule is COc1nc(OCC2CCCN2)ccc1NS(=O)(=O)c1ccc(-c2cnco2)cc1. The number of hydrogen-bond donors (Lipinski definition) is 2. The summed E-state index contributed by atoms with van der Waals surface area (Å²) in [6.45, 7) is 1.49. The molecule has 0 spiro atoms. The monoisotopic (exact) mass is 430 g/mol. The van der Waals surface area contributed by atoms with Crippen LogP contribution in [-0.2, 0) is 10.0 Å². The van der Waals surface area contributed by atoms with Crippen LogP contribution in [-0.4, -0.2) is 44.7 Å². The first kappa shape index (κ1) is 20.2. The zero-order valence-electron chi connectivity index (χ0n) is 16.4. The first-order valence-corrected chi connectivity index (χ1v) is 11.0. The molecule has 10 heteroatoms. The van der Waals surface area contributed by atoms with Gasteiger partial charge in [-0.3, -0.25) is 4.72 Å². The molecule has 1 unspecified atom stereocenters. The summed E-state index contributed by atoms with van der Waals surface area (Å²) in [7, 11) is -2.41. The van der Waals surface area contributed by atoms with E-state index in [0.29, 0.717) is 24.3 Å². The largest absolute Gasteiger partial charge is 0.479 e. The van der Waals surface area contributed by atoms with Crippen molar-refractivity contribution >= 4 is 15.7 Å². The number of anilines is 1. The summed E-state index contributed by atoms with van der Waals surface area (Å²) in [4.78, 5) is 8.21. The topological polar surface area (TPSA) is 116 Å². The predicted molar refractivity (Wildman–Crippen MR) is 110 cm³/mol. The highest BCUT2D eigenvalue weighted by molar-refractivity contribution is 7.92. The molecule has 0 radical (unpaired) electrons. The molecular formula is C20H22N4O5S. The summed E-state index contributed by atoms with van der Waals surface area (Å²) in [5, 5.41) is 3.34. The quantitative estimate of drug-likeness (QED) is 0.560. The number of ether oxygens (including phenoxy) is 2. The lowest BCUT2D eigenvalue weighted by Gasteiger charge is -2.14. The Morgan fingerprint density at radius 3 is 2.73 bits per heavy atom. The standard InChI is InChI=1S/C20H22N4O5S/c1-27-20-17(8-9-19(23-20)28-12-15-3-2-10-22-15)24-30(25,26)16-6-4-14(5-7-16)18-11-21-13-29-18/h4-9,11,13,15,22,24H,2-3,10,12H2,1H3. The Morgan fingerprint density at radius 2 is 2.07 bits per heavy atom. The summed E-state index contributed by atoms with van der Waals surface area (Å²) >= 11 is 0. The molecule has 0 amide bonds. The maximum atomic E-state index is 12.8. The average molecular weight is 430 g/mol. The number of rotatable bonds is 8.